The first-order valence-electron chi connectivity index (χ1n) is 7.18. The molecule has 0 aromatic carbocycles. The molecule has 0 saturated carbocycles. The molecule has 1 aliphatic heterocycles. The van der Waals surface area contributed by atoms with Crippen molar-refractivity contribution in [2.24, 2.45) is 11.8 Å². The first-order chi connectivity index (χ1) is 9.29. The zero-order valence-corrected chi connectivity index (χ0v) is 12.3. The number of carbonyl (C=O) groups is 2. The van der Waals surface area contributed by atoms with Crippen molar-refractivity contribution in [3.05, 3.63) is 11.6 Å². The van der Waals surface area contributed by atoms with Crippen LogP contribution in [0.3, 0.4) is 0 Å². The number of carbonyl (C=O) groups excluding carboxylic acids is 1. The fraction of sp³-hybridized carbons (Fsp3) is 0.733. The normalized spacial score (nSPS) is 30.1. The largest absolute Gasteiger partial charge is 0.481 e. The van der Waals surface area contributed by atoms with E-state index in [2.05, 4.69) is 5.32 Å². The predicted molar refractivity (Wildman–Crippen MR) is 74.2 cm³/mol. The number of nitrogens with one attached hydrogen (secondary N) is 1. The molecule has 5 heteroatoms. The minimum Gasteiger partial charge on any atom is -0.481 e. The number of hydrogen-bond acceptors (Lipinski definition) is 4. The van der Waals surface area contributed by atoms with E-state index in [0.29, 0.717) is 6.54 Å². The van der Waals surface area contributed by atoms with Crippen LogP contribution in [0.15, 0.2) is 11.6 Å². The van der Waals surface area contributed by atoms with E-state index in [-0.39, 0.29) is 11.9 Å². The van der Waals surface area contributed by atoms with Gasteiger partial charge in [-0.3, -0.25) is 4.79 Å². The topological polar surface area (TPSA) is 75.6 Å². The third-order valence-electron chi connectivity index (χ3n) is 3.85. The summed E-state index contributed by atoms with van der Waals surface area (Å²) in [5.74, 6) is -1.59. The van der Waals surface area contributed by atoms with Crippen molar-refractivity contribution < 1.29 is 19.4 Å². The average Bonchev–Trinajstić information content (AvgIpc) is 2.35. The molecule has 0 radical (unpaired) electrons. The highest BCUT2D eigenvalue weighted by Gasteiger charge is 2.42. The molecule has 0 spiro atoms. The van der Waals surface area contributed by atoms with Crippen LogP contribution in [0, 0.1) is 11.8 Å². The molecule has 1 saturated heterocycles. The predicted octanol–water partition coefficient (Wildman–Crippen LogP) is 1.73. The summed E-state index contributed by atoms with van der Waals surface area (Å²) in [4.78, 5) is 23.6. The Kier molecular flexibility index (Phi) is 4.18. The van der Waals surface area contributed by atoms with Crippen molar-refractivity contribution in [2.75, 3.05) is 6.54 Å². The van der Waals surface area contributed by atoms with Gasteiger partial charge in [0.2, 0.25) is 0 Å². The lowest BCUT2D eigenvalue weighted by molar-refractivity contribution is -0.158. The van der Waals surface area contributed by atoms with Crippen LogP contribution in [0.2, 0.25) is 0 Å². The molecule has 1 fully saturated rings. The Labute approximate surface area is 119 Å². The van der Waals surface area contributed by atoms with E-state index in [4.69, 9.17) is 4.74 Å². The van der Waals surface area contributed by atoms with Gasteiger partial charge in [0.15, 0.2) is 0 Å². The molecule has 20 heavy (non-hydrogen) atoms. The van der Waals surface area contributed by atoms with Gasteiger partial charge in [-0.15, -0.1) is 0 Å². The molecule has 2 N–H and O–H groups in total. The Balaban J connectivity index is 2.18. The average molecular weight is 281 g/mol. The quantitative estimate of drug-likeness (QED) is 0.595. The van der Waals surface area contributed by atoms with Crippen molar-refractivity contribution in [3.8, 4) is 0 Å². The summed E-state index contributed by atoms with van der Waals surface area (Å²) >= 11 is 0. The van der Waals surface area contributed by atoms with Gasteiger partial charge in [-0.05, 0) is 51.5 Å². The molecular formula is C15H23NO4. The van der Waals surface area contributed by atoms with Gasteiger partial charge in [-0.25, -0.2) is 4.79 Å². The van der Waals surface area contributed by atoms with Gasteiger partial charge in [0.05, 0.1) is 5.92 Å². The monoisotopic (exact) mass is 281 g/mol. The molecule has 2 aliphatic rings. The third-order valence-corrected chi connectivity index (χ3v) is 3.85. The summed E-state index contributed by atoms with van der Waals surface area (Å²) < 4.78 is 5.43. The first kappa shape index (κ1) is 15.0. The standard InChI is InChI=1S/C15H23NO4/c1-15(2,3)20-14(19)12-10-7-5-4-6-9(10)11(8-16-12)13(17)18/h7,9,11-12,16H,4-6,8H2,1-3H3,(H,17,18)/t9-,11-,12?/m1/s1. The second-order valence-corrected chi connectivity index (χ2v) is 6.56. The third kappa shape index (κ3) is 3.20. The van der Waals surface area contributed by atoms with Gasteiger partial charge in [-0.2, -0.15) is 0 Å². The number of piperidine rings is 1. The van der Waals surface area contributed by atoms with Crippen LogP contribution in [0.4, 0.5) is 0 Å². The zero-order chi connectivity index (χ0) is 14.9. The Hall–Kier alpha value is -1.36. The first-order valence-corrected chi connectivity index (χ1v) is 7.18. The van der Waals surface area contributed by atoms with E-state index < -0.39 is 23.5 Å². The molecule has 0 aromatic rings. The van der Waals surface area contributed by atoms with Crippen molar-refractivity contribution in [1.82, 2.24) is 5.32 Å². The lowest BCUT2D eigenvalue weighted by Crippen LogP contribution is -2.53. The number of esters is 1. The molecule has 0 amide bonds. The number of carboxylic acids is 1. The fourth-order valence-corrected chi connectivity index (χ4v) is 3.03. The Bertz CT molecular complexity index is 436. The van der Waals surface area contributed by atoms with Crippen LogP contribution >= 0.6 is 0 Å². The van der Waals surface area contributed by atoms with Gasteiger partial charge >= 0.3 is 11.9 Å². The second kappa shape index (κ2) is 5.56. The summed E-state index contributed by atoms with van der Waals surface area (Å²) in [6, 6.07) is -0.491. The van der Waals surface area contributed by atoms with E-state index in [1.54, 1.807) is 0 Å². The van der Waals surface area contributed by atoms with Crippen molar-refractivity contribution in [3.63, 3.8) is 0 Å². The van der Waals surface area contributed by atoms with Gasteiger partial charge in [-0.1, -0.05) is 6.08 Å². The Morgan fingerprint density at radius 2 is 2.10 bits per heavy atom. The van der Waals surface area contributed by atoms with Crippen LogP contribution in [-0.4, -0.2) is 35.2 Å². The van der Waals surface area contributed by atoms with Crippen molar-refractivity contribution >= 4 is 11.9 Å². The highest BCUT2D eigenvalue weighted by atomic mass is 16.6. The highest BCUT2D eigenvalue weighted by Crippen LogP contribution is 2.36. The summed E-state index contributed by atoms with van der Waals surface area (Å²) in [7, 11) is 0. The lowest BCUT2D eigenvalue weighted by atomic mass is 9.73. The summed E-state index contributed by atoms with van der Waals surface area (Å²) in [5.41, 5.74) is 0.372. The van der Waals surface area contributed by atoms with Crippen LogP contribution in [0.25, 0.3) is 0 Å². The van der Waals surface area contributed by atoms with Gasteiger partial charge in [0.1, 0.15) is 11.6 Å². The molecule has 112 valence electrons. The Morgan fingerprint density at radius 1 is 1.40 bits per heavy atom. The zero-order valence-electron chi connectivity index (χ0n) is 12.3. The lowest BCUT2D eigenvalue weighted by Gasteiger charge is -2.39. The van der Waals surface area contributed by atoms with Crippen LogP contribution in [0.5, 0.6) is 0 Å². The summed E-state index contributed by atoms with van der Waals surface area (Å²) in [6.07, 6.45) is 4.74. The van der Waals surface area contributed by atoms with Crippen molar-refractivity contribution in [2.45, 2.75) is 51.7 Å². The second-order valence-electron chi connectivity index (χ2n) is 6.56. The van der Waals surface area contributed by atoms with Gasteiger partial charge in [0, 0.05) is 6.54 Å². The molecule has 0 aromatic heterocycles. The van der Waals surface area contributed by atoms with E-state index in [0.717, 1.165) is 24.8 Å². The van der Waals surface area contributed by atoms with Crippen molar-refractivity contribution in [1.29, 1.82) is 0 Å². The highest BCUT2D eigenvalue weighted by molar-refractivity contribution is 5.82. The van der Waals surface area contributed by atoms with E-state index in [1.807, 2.05) is 26.8 Å². The maximum atomic E-state index is 12.3. The number of hydrogen-bond donors (Lipinski definition) is 2. The summed E-state index contributed by atoms with van der Waals surface area (Å²) in [6.45, 7) is 5.82. The van der Waals surface area contributed by atoms with Gasteiger partial charge in [0.25, 0.3) is 0 Å². The minimum absolute atomic E-state index is 0.0416. The number of carboxylic acid groups (broad SMARTS) is 1. The number of rotatable bonds is 2. The fourth-order valence-electron chi connectivity index (χ4n) is 3.03. The molecule has 1 unspecified atom stereocenters. The SMILES string of the molecule is CC(C)(C)OC(=O)C1NC[C@@H](C(=O)O)[C@@H]2CCCC=C12. The smallest absolute Gasteiger partial charge is 0.327 e. The Morgan fingerprint density at radius 3 is 2.70 bits per heavy atom. The maximum absolute atomic E-state index is 12.3. The molecule has 3 atom stereocenters. The minimum atomic E-state index is -0.794. The van der Waals surface area contributed by atoms with E-state index >= 15 is 0 Å². The molecule has 1 heterocycles. The van der Waals surface area contributed by atoms with E-state index in [9.17, 15) is 14.7 Å². The van der Waals surface area contributed by atoms with Crippen LogP contribution in [-0.2, 0) is 14.3 Å². The number of allylic oxidation sites excluding steroid dienone is 1. The molecular weight excluding hydrogens is 258 g/mol. The van der Waals surface area contributed by atoms with E-state index in [1.165, 1.54) is 0 Å². The number of ether oxygens (including phenoxy) is 1. The van der Waals surface area contributed by atoms with Crippen LogP contribution < -0.4 is 5.32 Å². The molecule has 5 nitrogen and oxygen atoms in total. The van der Waals surface area contributed by atoms with Crippen LogP contribution in [0.1, 0.15) is 40.0 Å². The molecule has 2 rings (SSSR count). The molecule has 1 aliphatic carbocycles. The summed E-state index contributed by atoms with van der Waals surface area (Å²) in [5, 5.41) is 12.4. The maximum Gasteiger partial charge on any atom is 0.327 e. The number of aliphatic carboxylic acids is 1. The number of fused-ring (bicyclic) bond motifs is 1. The molecule has 0 bridgehead atoms. The van der Waals surface area contributed by atoms with Gasteiger partial charge < -0.3 is 15.2 Å².